The molecule has 1 aromatic carbocycles. The molecule has 1 unspecified atom stereocenters. The first-order valence-electron chi connectivity index (χ1n) is 10.9. The lowest BCUT2D eigenvalue weighted by Gasteiger charge is -2.37. The van der Waals surface area contributed by atoms with Crippen LogP contribution in [0.3, 0.4) is 0 Å². The van der Waals surface area contributed by atoms with Gasteiger partial charge in [0.1, 0.15) is 11.9 Å². The first kappa shape index (κ1) is 21.5. The number of hydrogen-bond donors (Lipinski definition) is 0. The summed E-state index contributed by atoms with van der Waals surface area (Å²) in [5.41, 5.74) is 3.03. The van der Waals surface area contributed by atoms with Crippen LogP contribution in [0, 0.1) is 0 Å². The van der Waals surface area contributed by atoms with Gasteiger partial charge in [-0.05, 0) is 43.3 Å². The summed E-state index contributed by atoms with van der Waals surface area (Å²) >= 11 is 0. The van der Waals surface area contributed by atoms with Crippen LogP contribution >= 0.6 is 0 Å². The second-order valence-corrected chi connectivity index (χ2v) is 9.04. The van der Waals surface area contributed by atoms with E-state index >= 15 is 8.78 Å². The number of likely N-dealkylation sites (tertiary alicyclic amines) is 1. The van der Waals surface area contributed by atoms with Gasteiger partial charge in [0.05, 0.1) is 29.3 Å². The zero-order valence-electron chi connectivity index (χ0n) is 19.1. The van der Waals surface area contributed by atoms with E-state index in [4.69, 9.17) is 0 Å². The highest BCUT2D eigenvalue weighted by Gasteiger charge is 2.46. The highest BCUT2D eigenvalue weighted by Crippen LogP contribution is 2.39. The van der Waals surface area contributed by atoms with Crippen LogP contribution in [0.1, 0.15) is 12.5 Å². The molecule has 0 amide bonds. The van der Waals surface area contributed by atoms with Crippen LogP contribution in [-0.2, 0) is 7.05 Å². The van der Waals surface area contributed by atoms with E-state index in [-0.39, 0.29) is 13.0 Å². The van der Waals surface area contributed by atoms with Crippen LogP contribution in [0.25, 0.3) is 33.1 Å². The fourth-order valence-electron chi connectivity index (χ4n) is 4.73. The number of benzene rings is 1. The van der Waals surface area contributed by atoms with E-state index in [0.29, 0.717) is 28.5 Å². The Hall–Kier alpha value is -3.33. The third-order valence-corrected chi connectivity index (χ3v) is 6.52. The number of hydrogen-bond acceptors (Lipinski definition) is 5. The molecule has 0 spiro atoms. The third kappa shape index (κ3) is 3.47. The van der Waals surface area contributed by atoms with Gasteiger partial charge >= 0.3 is 5.69 Å². The maximum absolute atomic E-state index is 15.1. The van der Waals surface area contributed by atoms with Gasteiger partial charge in [-0.3, -0.25) is 14.1 Å². The van der Waals surface area contributed by atoms with Crippen LogP contribution in [0.15, 0.2) is 47.5 Å². The largest absolute Gasteiger partial charge is 0.363 e. The minimum atomic E-state index is -3.02. The number of aryl methyl sites for hydroxylation is 1. The summed E-state index contributed by atoms with van der Waals surface area (Å²) in [5.74, 6) is -2.19. The first-order valence-corrected chi connectivity index (χ1v) is 10.9. The van der Waals surface area contributed by atoms with Gasteiger partial charge in [-0.1, -0.05) is 6.07 Å². The molecule has 3 aromatic heterocycles. The zero-order chi connectivity index (χ0) is 23.5. The molecule has 0 radical (unpaired) electrons. The predicted octanol–water partition coefficient (Wildman–Crippen LogP) is 3.53. The first-order chi connectivity index (χ1) is 15.7. The summed E-state index contributed by atoms with van der Waals surface area (Å²) in [5, 5.41) is 0.675. The van der Waals surface area contributed by atoms with E-state index in [2.05, 4.69) is 9.97 Å². The summed E-state index contributed by atoms with van der Waals surface area (Å²) in [6, 6.07) is 8.40. The van der Waals surface area contributed by atoms with Gasteiger partial charge in [0.2, 0.25) is 0 Å². The number of aromatic nitrogens is 4. The van der Waals surface area contributed by atoms with Crippen LogP contribution in [0.2, 0.25) is 0 Å². The maximum atomic E-state index is 15.1. The fourth-order valence-corrected chi connectivity index (χ4v) is 4.73. The molecule has 0 aliphatic carbocycles. The zero-order valence-corrected chi connectivity index (χ0v) is 19.1. The van der Waals surface area contributed by atoms with Crippen LogP contribution < -0.4 is 10.6 Å². The van der Waals surface area contributed by atoms with Crippen molar-refractivity contribution < 1.29 is 8.78 Å². The summed E-state index contributed by atoms with van der Waals surface area (Å²) in [7, 11) is 7.13. The highest BCUT2D eigenvalue weighted by molar-refractivity contribution is 6.04. The highest BCUT2D eigenvalue weighted by atomic mass is 19.3. The molecule has 1 aliphatic rings. The number of halogens is 2. The van der Waals surface area contributed by atoms with E-state index in [1.807, 2.05) is 49.3 Å². The molecule has 172 valence electrons. The minimum Gasteiger partial charge on any atom is -0.363 e. The Bertz CT molecular complexity index is 1410. The Labute approximate surface area is 189 Å². The topological polar surface area (TPSA) is 59.2 Å². The van der Waals surface area contributed by atoms with Crippen LogP contribution in [0.5, 0.6) is 0 Å². The second kappa shape index (κ2) is 7.62. The van der Waals surface area contributed by atoms with E-state index in [9.17, 15) is 4.79 Å². The molecule has 1 fully saturated rings. The van der Waals surface area contributed by atoms with Crippen LogP contribution in [0.4, 0.5) is 14.6 Å². The van der Waals surface area contributed by atoms with Crippen molar-refractivity contribution in [1.29, 1.82) is 0 Å². The number of nitrogens with zero attached hydrogens (tertiary/aromatic N) is 6. The van der Waals surface area contributed by atoms with Crippen molar-refractivity contribution in [3.63, 3.8) is 0 Å². The Morgan fingerprint density at radius 2 is 1.82 bits per heavy atom. The molecule has 33 heavy (non-hydrogen) atoms. The van der Waals surface area contributed by atoms with Gasteiger partial charge in [-0.25, -0.2) is 18.6 Å². The van der Waals surface area contributed by atoms with E-state index in [1.165, 1.54) is 9.13 Å². The van der Waals surface area contributed by atoms with Crippen molar-refractivity contribution in [2.75, 3.05) is 39.1 Å². The molecule has 1 atom stereocenters. The Balaban J connectivity index is 1.74. The third-order valence-electron chi connectivity index (χ3n) is 6.52. The van der Waals surface area contributed by atoms with Crippen molar-refractivity contribution >= 4 is 27.8 Å². The number of anilines is 1. The Kier molecular flexibility index (Phi) is 4.97. The SMILES string of the molecule is CN1CCC(n2c(=O)n(C)c3cnc4ccc(-c5ccc(N(C)C)nc5)cc4c32)C(F)(F)C1. The molecule has 1 saturated heterocycles. The van der Waals surface area contributed by atoms with Crippen molar-refractivity contribution in [2.45, 2.75) is 18.4 Å². The standard InChI is InChI=1S/C24H26F2N6O/c1-29(2)21-8-6-16(12-28-21)15-5-7-18-17(11-15)22-19(13-27-18)31(4)23(33)32(22)20-9-10-30(3)14-24(20,25)26/h5-8,11-13,20H,9-10,14H2,1-4H3. The van der Waals surface area contributed by atoms with Crippen molar-refractivity contribution in [3.05, 3.63) is 53.2 Å². The summed E-state index contributed by atoms with van der Waals surface area (Å²) in [4.78, 5) is 25.7. The summed E-state index contributed by atoms with van der Waals surface area (Å²) in [6.07, 6.45) is 3.57. The molecule has 0 saturated carbocycles. The number of pyridine rings is 2. The predicted molar refractivity (Wildman–Crippen MR) is 126 cm³/mol. The number of imidazole rings is 1. The van der Waals surface area contributed by atoms with Gasteiger partial charge in [0.15, 0.2) is 0 Å². The van der Waals surface area contributed by atoms with Crippen molar-refractivity contribution in [3.8, 4) is 11.1 Å². The molecular weight excluding hydrogens is 426 g/mol. The number of rotatable bonds is 3. The lowest BCUT2D eigenvalue weighted by molar-refractivity contribution is -0.0977. The average molecular weight is 453 g/mol. The molecule has 9 heteroatoms. The molecule has 5 rings (SSSR count). The lowest BCUT2D eigenvalue weighted by Crippen LogP contribution is -2.49. The van der Waals surface area contributed by atoms with E-state index < -0.39 is 17.7 Å². The molecular formula is C24H26F2N6O. The maximum Gasteiger partial charge on any atom is 0.329 e. The monoisotopic (exact) mass is 452 g/mol. The molecule has 7 nitrogen and oxygen atoms in total. The normalized spacial score (nSPS) is 18.8. The number of fused-ring (bicyclic) bond motifs is 3. The molecule has 4 aromatic rings. The fraction of sp³-hybridized carbons (Fsp3) is 0.375. The van der Waals surface area contributed by atoms with Gasteiger partial charge < -0.3 is 9.80 Å². The van der Waals surface area contributed by atoms with Crippen LogP contribution in [-0.4, -0.2) is 64.2 Å². The Morgan fingerprint density at radius 1 is 1.06 bits per heavy atom. The number of alkyl halides is 2. The number of piperidine rings is 1. The lowest BCUT2D eigenvalue weighted by atomic mass is 10.00. The van der Waals surface area contributed by atoms with Gasteiger partial charge in [0, 0.05) is 44.8 Å². The molecule has 4 heterocycles. The van der Waals surface area contributed by atoms with E-state index in [0.717, 1.165) is 16.9 Å². The van der Waals surface area contributed by atoms with Gasteiger partial charge in [-0.2, -0.15) is 0 Å². The average Bonchev–Trinajstić information content (AvgIpc) is 3.03. The van der Waals surface area contributed by atoms with Crippen molar-refractivity contribution in [2.24, 2.45) is 7.05 Å². The summed E-state index contributed by atoms with van der Waals surface area (Å²) in [6.45, 7) is 0.125. The van der Waals surface area contributed by atoms with Gasteiger partial charge in [-0.15, -0.1) is 0 Å². The molecule has 0 bridgehead atoms. The van der Waals surface area contributed by atoms with Gasteiger partial charge in [0.25, 0.3) is 5.92 Å². The van der Waals surface area contributed by atoms with E-state index in [1.54, 1.807) is 31.4 Å². The second-order valence-electron chi connectivity index (χ2n) is 9.04. The molecule has 0 N–H and O–H groups in total. The minimum absolute atomic E-state index is 0.196. The van der Waals surface area contributed by atoms with Crippen molar-refractivity contribution in [1.82, 2.24) is 24.0 Å². The Morgan fingerprint density at radius 3 is 2.48 bits per heavy atom. The quantitative estimate of drug-likeness (QED) is 0.476. The smallest absolute Gasteiger partial charge is 0.329 e. The molecule has 1 aliphatic heterocycles. The summed E-state index contributed by atoms with van der Waals surface area (Å²) < 4.78 is 33.0.